The van der Waals surface area contributed by atoms with E-state index >= 15 is 0 Å². The molecule has 2 atom stereocenters. The Morgan fingerprint density at radius 2 is 1.86 bits per heavy atom. The Morgan fingerprint density at radius 3 is 2.61 bits per heavy atom. The summed E-state index contributed by atoms with van der Waals surface area (Å²) in [5.74, 6) is 1.02. The van der Waals surface area contributed by atoms with Crippen molar-refractivity contribution < 1.29 is 19.4 Å². The predicted octanol–water partition coefficient (Wildman–Crippen LogP) is 6.87. The number of benzene rings is 3. The summed E-state index contributed by atoms with van der Waals surface area (Å²) in [7, 11) is 0. The summed E-state index contributed by atoms with van der Waals surface area (Å²) in [6.07, 6.45) is -0.203. The summed E-state index contributed by atoms with van der Waals surface area (Å²) in [6.45, 7) is 1.57. The van der Waals surface area contributed by atoms with Crippen LogP contribution >= 0.6 is 23.1 Å². The van der Waals surface area contributed by atoms with Gasteiger partial charge in [-0.3, -0.25) is 0 Å². The molecule has 0 aliphatic carbocycles. The van der Waals surface area contributed by atoms with Gasteiger partial charge in [0.2, 0.25) is 5.90 Å². The van der Waals surface area contributed by atoms with Crippen molar-refractivity contribution in [2.45, 2.75) is 24.0 Å². The fourth-order valence-corrected chi connectivity index (χ4v) is 5.88. The van der Waals surface area contributed by atoms with Gasteiger partial charge in [0.1, 0.15) is 17.9 Å². The van der Waals surface area contributed by atoms with Gasteiger partial charge in [0.05, 0.1) is 4.88 Å². The third-order valence-corrected chi connectivity index (χ3v) is 7.83. The second kappa shape index (κ2) is 11.0. The van der Waals surface area contributed by atoms with E-state index in [0.29, 0.717) is 11.6 Å². The maximum absolute atomic E-state index is 10.8. The minimum Gasteiger partial charge on any atom is -0.482 e. The standard InChI is InChI=1S/C29H25NO4S2/c1-19-16-21(13-14-25(19)33-17-27(31)32)36-18-24-28(34-29(30-24)26-12-7-15-35-26)23-11-6-5-10-22(23)20-8-3-2-4-9-20/h2-16,24,28H,17-18H2,1H3,(H,31,32). The summed E-state index contributed by atoms with van der Waals surface area (Å²) < 4.78 is 11.9. The zero-order valence-electron chi connectivity index (χ0n) is 19.7. The third kappa shape index (κ3) is 5.48. The third-order valence-electron chi connectivity index (χ3n) is 5.87. The number of aliphatic imine (C=N–C) groups is 1. The minimum atomic E-state index is -0.990. The Labute approximate surface area is 218 Å². The average Bonchev–Trinajstić information content (AvgIpc) is 3.58. The molecule has 7 heteroatoms. The fraction of sp³-hybridized carbons (Fsp3) is 0.172. The van der Waals surface area contributed by atoms with Crippen LogP contribution in [0.25, 0.3) is 11.1 Å². The van der Waals surface area contributed by atoms with Crippen molar-refractivity contribution in [2.24, 2.45) is 4.99 Å². The lowest BCUT2D eigenvalue weighted by Crippen LogP contribution is -2.17. The molecule has 5 nitrogen and oxygen atoms in total. The topological polar surface area (TPSA) is 68.1 Å². The first-order valence-corrected chi connectivity index (χ1v) is 13.5. The number of aliphatic carboxylic acids is 1. The number of thiophene rings is 1. The molecular formula is C29H25NO4S2. The lowest BCUT2D eigenvalue weighted by Gasteiger charge is -2.21. The van der Waals surface area contributed by atoms with E-state index in [1.807, 2.05) is 48.7 Å². The zero-order chi connectivity index (χ0) is 24.9. The zero-order valence-corrected chi connectivity index (χ0v) is 21.3. The van der Waals surface area contributed by atoms with Crippen LogP contribution in [0.4, 0.5) is 0 Å². The Hall–Kier alpha value is -3.55. The number of carboxylic acids is 1. The van der Waals surface area contributed by atoms with Crippen LogP contribution < -0.4 is 4.74 Å². The van der Waals surface area contributed by atoms with E-state index in [9.17, 15) is 4.79 Å². The van der Waals surface area contributed by atoms with Gasteiger partial charge in [-0.2, -0.15) is 0 Å². The lowest BCUT2D eigenvalue weighted by atomic mass is 9.94. The molecule has 1 aromatic heterocycles. The van der Waals surface area contributed by atoms with Crippen molar-refractivity contribution in [3.63, 3.8) is 0 Å². The first-order chi connectivity index (χ1) is 17.6. The number of ether oxygens (including phenoxy) is 2. The maximum atomic E-state index is 10.8. The summed E-state index contributed by atoms with van der Waals surface area (Å²) in [4.78, 5) is 17.9. The molecule has 0 spiro atoms. The number of carboxylic acid groups (broad SMARTS) is 1. The van der Waals surface area contributed by atoms with Crippen molar-refractivity contribution >= 4 is 35.0 Å². The number of hydrogen-bond acceptors (Lipinski definition) is 6. The van der Waals surface area contributed by atoms with Crippen molar-refractivity contribution in [3.8, 4) is 16.9 Å². The van der Waals surface area contributed by atoms with E-state index in [0.717, 1.165) is 37.8 Å². The molecule has 1 N–H and O–H groups in total. The smallest absolute Gasteiger partial charge is 0.341 e. The molecule has 0 saturated heterocycles. The summed E-state index contributed by atoms with van der Waals surface area (Å²) in [6, 6.07) is 28.5. The van der Waals surface area contributed by atoms with Gasteiger partial charge < -0.3 is 14.6 Å². The van der Waals surface area contributed by atoms with Crippen LogP contribution in [0, 0.1) is 6.92 Å². The maximum Gasteiger partial charge on any atom is 0.341 e. The van der Waals surface area contributed by atoms with Gasteiger partial charge in [-0.15, -0.1) is 23.1 Å². The van der Waals surface area contributed by atoms with E-state index in [-0.39, 0.29) is 18.8 Å². The molecule has 1 aliphatic heterocycles. The van der Waals surface area contributed by atoms with Crippen LogP contribution in [0.15, 0.2) is 100 Å². The average molecular weight is 516 g/mol. The van der Waals surface area contributed by atoms with Crippen molar-refractivity contribution in [2.75, 3.05) is 12.4 Å². The molecule has 5 rings (SSSR count). The fourth-order valence-electron chi connectivity index (χ4n) is 4.19. The van der Waals surface area contributed by atoms with E-state index in [1.165, 1.54) is 0 Å². The Morgan fingerprint density at radius 1 is 1.06 bits per heavy atom. The minimum absolute atomic E-state index is 0.0693. The number of rotatable bonds is 9. The number of aryl methyl sites for hydroxylation is 1. The number of hydrogen-bond donors (Lipinski definition) is 1. The van der Waals surface area contributed by atoms with Gasteiger partial charge in [-0.05, 0) is 53.3 Å². The van der Waals surface area contributed by atoms with E-state index in [1.54, 1.807) is 23.1 Å². The van der Waals surface area contributed by atoms with Crippen LogP contribution in [-0.4, -0.2) is 35.4 Å². The molecule has 0 amide bonds. The molecule has 0 fully saturated rings. The van der Waals surface area contributed by atoms with Crippen LogP contribution in [-0.2, 0) is 9.53 Å². The Bertz CT molecular complexity index is 1370. The van der Waals surface area contributed by atoms with E-state index in [4.69, 9.17) is 19.6 Å². The van der Waals surface area contributed by atoms with E-state index in [2.05, 4.69) is 48.5 Å². The number of nitrogens with zero attached hydrogens (tertiary/aromatic N) is 1. The monoisotopic (exact) mass is 515 g/mol. The molecule has 2 unspecified atom stereocenters. The molecule has 1 aliphatic rings. The highest BCUT2D eigenvalue weighted by Gasteiger charge is 2.35. The molecular weight excluding hydrogens is 490 g/mol. The molecule has 0 radical (unpaired) electrons. The summed E-state index contributed by atoms with van der Waals surface area (Å²) in [5, 5.41) is 10.9. The van der Waals surface area contributed by atoms with Crippen LogP contribution in [0.3, 0.4) is 0 Å². The highest BCUT2D eigenvalue weighted by atomic mass is 32.2. The summed E-state index contributed by atoms with van der Waals surface area (Å²) in [5.41, 5.74) is 4.33. The second-order valence-corrected chi connectivity index (χ2v) is 10.4. The Balaban J connectivity index is 1.40. The molecule has 4 aromatic rings. The highest BCUT2D eigenvalue weighted by Crippen LogP contribution is 2.39. The van der Waals surface area contributed by atoms with E-state index < -0.39 is 5.97 Å². The van der Waals surface area contributed by atoms with Gasteiger partial charge in [0.25, 0.3) is 0 Å². The predicted molar refractivity (Wildman–Crippen MR) is 145 cm³/mol. The number of thioether (sulfide) groups is 1. The van der Waals surface area contributed by atoms with Crippen molar-refractivity contribution in [1.82, 2.24) is 0 Å². The molecule has 3 aromatic carbocycles. The summed E-state index contributed by atoms with van der Waals surface area (Å²) >= 11 is 3.34. The van der Waals surface area contributed by atoms with Crippen LogP contribution in [0.5, 0.6) is 5.75 Å². The van der Waals surface area contributed by atoms with Gasteiger partial charge in [-0.25, -0.2) is 9.79 Å². The SMILES string of the molecule is Cc1cc(SCC2N=C(c3cccs3)OC2c2ccccc2-c2ccccc2)ccc1OCC(=O)O. The molecule has 182 valence electrons. The second-order valence-electron chi connectivity index (χ2n) is 8.39. The first-order valence-electron chi connectivity index (χ1n) is 11.6. The number of carbonyl (C=O) groups is 1. The lowest BCUT2D eigenvalue weighted by molar-refractivity contribution is -0.139. The molecule has 0 saturated carbocycles. The van der Waals surface area contributed by atoms with Crippen molar-refractivity contribution in [1.29, 1.82) is 0 Å². The Kier molecular flexibility index (Phi) is 7.39. The van der Waals surface area contributed by atoms with Gasteiger partial charge >= 0.3 is 5.97 Å². The van der Waals surface area contributed by atoms with Gasteiger partial charge in [0.15, 0.2) is 6.61 Å². The largest absolute Gasteiger partial charge is 0.482 e. The first kappa shape index (κ1) is 24.2. The van der Waals surface area contributed by atoms with Crippen LogP contribution in [0.2, 0.25) is 0 Å². The van der Waals surface area contributed by atoms with Gasteiger partial charge in [0, 0.05) is 16.2 Å². The molecule has 2 heterocycles. The van der Waals surface area contributed by atoms with Gasteiger partial charge in [-0.1, -0.05) is 60.7 Å². The van der Waals surface area contributed by atoms with Crippen molar-refractivity contribution in [3.05, 3.63) is 106 Å². The quantitative estimate of drug-likeness (QED) is 0.247. The highest BCUT2D eigenvalue weighted by molar-refractivity contribution is 7.99. The normalized spacial score (nSPS) is 16.9. The molecule has 36 heavy (non-hydrogen) atoms. The van der Waals surface area contributed by atoms with Crippen LogP contribution in [0.1, 0.15) is 22.1 Å². The molecule has 0 bridgehead atoms.